The summed E-state index contributed by atoms with van der Waals surface area (Å²) in [5.74, 6) is 0.525. The summed E-state index contributed by atoms with van der Waals surface area (Å²) in [7, 11) is 0. The SMILES string of the molecule is CCCOc1cc(NCC2CCC(=O)N2)cc([N+](=O)[O-])c1. The number of hydrogen-bond donors (Lipinski definition) is 2. The second-order valence-electron chi connectivity index (χ2n) is 5.01. The summed E-state index contributed by atoms with van der Waals surface area (Å²) < 4.78 is 5.46. The third-order valence-electron chi connectivity index (χ3n) is 3.21. The second-order valence-corrected chi connectivity index (χ2v) is 5.01. The molecule has 0 bridgehead atoms. The van der Waals surface area contributed by atoms with Gasteiger partial charge in [0, 0.05) is 36.8 Å². The van der Waals surface area contributed by atoms with Crippen molar-refractivity contribution < 1.29 is 14.5 Å². The molecule has 1 aliphatic heterocycles. The van der Waals surface area contributed by atoms with Gasteiger partial charge in [0.05, 0.1) is 17.6 Å². The van der Waals surface area contributed by atoms with E-state index in [0.29, 0.717) is 31.0 Å². The van der Waals surface area contributed by atoms with Gasteiger partial charge in [-0.2, -0.15) is 0 Å². The minimum atomic E-state index is -0.443. The van der Waals surface area contributed by atoms with E-state index in [1.54, 1.807) is 6.07 Å². The standard InChI is InChI=1S/C14H19N3O4/c1-2-5-21-13-7-11(6-12(8-13)17(19)20)15-9-10-3-4-14(18)16-10/h6-8,10,15H,2-5,9H2,1H3,(H,16,18). The summed E-state index contributed by atoms with van der Waals surface area (Å²) >= 11 is 0. The van der Waals surface area contributed by atoms with Crippen molar-refractivity contribution in [3.63, 3.8) is 0 Å². The van der Waals surface area contributed by atoms with E-state index in [1.807, 2.05) is 6.92 Å². The third-order valence-corrected chi connectivity index (χ3v) is 3.21. The monoisotopic (exact) mass is 293 g/mol. The number of nitro groups is 1. The lowest BCUT2D eigenvalue weighted by atomic mass is 10.2. The van der Waals surface area contributed by atoms with Gasteiger partial charge in [0.25, 0.3) is 5.69 Å². The molecule has 114 valence electrons. The summed E-state index contributed by atoms with van der Waals surface area (Å²) in [6, 6.07) is 4.68. The normalized spacial score (nSPS) is 17.4. The van der Waals surface area contributed by atoms with Crippen LogP contribution in [0.4, 0.5) is 11.4 Å². The van der Waals surface area contributed by atoms with Crippen molar-refractivity contribution in [1.82, 2.24) is 5.32 Å². The van der Waals surface area contributed by atoms with Crippen LogP contribution in [-0.4, -0.2) is 30.0 Å². The highest BCUT2D eigenvalue weighted by Gasteiger charge is 2.20. The molecule has 1 aromatic rings. The van der Waals surface area contributed by atoms with Crippen molar-refractivity contribution in [2.24, 2.45) is 0 Å². The Labute approximate surface area is 122 Å². The molecule has 0 spiro atoms. The summed E-state index contributed by atoms with van der Waals surface area (Å²) in [4.78, 5) is 21.6. The quantitative estimate of drug-likeness (QED) is 0.593. The lowest BCUT2D eigenvalue weighted by Gasteiger charge is -2.13. The molecule has 7 heteroatoms. The number of nitrogens with one attached hydrogen (secondary N) is 2. The van der Waals surface area contributed by atoms with Crippen LogP contribution in [0.15, 0.2) is 18.2 Å². The molecule has 1 atom stereocenters. The van der Waals surface area contributed by atoms with Crippen LogP contribution < -0.4 is 15.4 Å². The van der Waals surface area contributed by atoms with E-state index in [1.165, 1.54) is 12.1 Å². The smallest absolute Gasteiger partial charge is 0.275 e. The maximum absolute atomic E-state index is 11.1. The van der Waals surface area contributed by atoms with Crippen LogP contribution in [0.25, 0.3) is 0 Å². The molecule has 1 amide bonds. The molecule has 2 N–H and O–H groups in total. The van der Waals surface area contributed by atoms with Gasteiger partial charge in [-0.25, -0.2) is 0 Å². The predicted molar refractivity (Wildman–Crippen MR) is 78.5 cm³/mol. The molecule has 1 aliphatic rings. The largest absolute Gasteiger partial charge is 0.493 e. The number of anilines is 1. The number of ether oxygens (including phenoxy) is 1. The number of rotatable bonds is 7. The van der Waals surface area contributed by atoms with E-state index in [0.717, 1.165) is 12.8 Å². The number of amides is 1. The molecular weight excluding hydrogens is 274 g/mol. The highest BCUT2D eigenvalue weighted by molar-refractivity contribution is 5.78. The summed E-state index contributed by atoms with van der Waals surface area (Å²) in [6.45, 7) is 3.03. The number of nitro benzene ring substituents is 1. The Hall–Kier alpha value is -2.31. The molecule has 1 aromatic carbocycles. The first kappa shape index (κ1) is 15.1. The molecule has 0 aromatic heterocycles. The third kappa shape index (κ3) is 4.34. The summed E-state index contributed by atoms with van der Waals surface area (Å²) in [5, 5.41) is 16.9. The Balaban J connectivity index is 2.04. The number of benzene rings is 1. The second kappa shape index (κ2) is 6.92. The average Bonchev–Trinajstić information content (AvgIpc) is 2.88. The molecule has 1 saturated heterocycles. The fraction of sp³-hybridized carbons (Fsp3) is 0.500. The minimum absolute atomic E-state index is 0.0124. The van der Waals surface area contributed by atoms with E-state index in [-0.39, 0.29) is 17.6 Å². The Morgan fingerprint density at radius 2 is 2.29 bits per heavy atom. The molecule has 1 unspecified atom stereocenters. The number of nitrogens with zero attached hydrogens (tertiary/aromatic N) is 1. The highest BCUT2D eigenvalue weighted by Crippen LogP contribution is 2.26. The van der Waals surface area contributed by atoms with E-state index >= 15 is 0 Å². The lowest BCUT2D eigenvalue weighted by molar-refractivity contribution is -0.384. The molecule has 2 rings (SSSR count). The molecule has 0 radical (unpaired) electrons. The number of non-ortho nitro benzene ring substituents is 1. The lowest BCUT2D eigenvalue weighted by Crippen LogP contribution is -2.31. The summed E-state index contributed by atoms with van der Waals surface area (Å²) in [6.07, 6.45) is 2.14. The van der Waals surface area contributed by atoms with Gasteiger partial charge in [-0.05, 0) is 12.8 Å². The molecule has 7 nitrogen and oxygen atoms in total. The molecule has 0 aliphatic carbocycles. The van der Waals surface area contributed by atoms with Crippen molar-refractivity contribution in [2.45, 2.75) is 32.2 Å². The number of hydrogen-bond acceptors (Lipinski definition) is 5. The van der Waals surface area contributed by atoms with Crippen LogP contribution >= 0.6 is 0 Å². The first-order valence-corrected chi connectivity index (χ1v) is 7.04. The molecule has 21 heavy (non-hydrogen) atoms. The van der Waals surface area contributed by atoms with E-state index in [4.69, 9.17) is 4.74 Å². The minimum Gasteiger partial charge on any atom is -0.493 e. The molecule has 0 saturated carbocycles. The van der Waals surface area contributed by atoms with Crippen molar-refractivity contribution in [3.8, 4) is 5.75 Å². The first-order valence-electron chi connectivity index (χ1n) is 7.04. The van der Waals surface area contributed by atoms with Crippen LogP contribution in [0.5, 0.6) is 5.75 Å². The van der Waals surface area contributed by atoms with Gasteiger partial charge in [-0.1, -0.05) is 6.92 Å². The zero-order valence-electron chi connectivity index (χ0n) is 11.9. The zero-order valence-corrected chi connectivity index (χ0v) is 11.9. The van der Waals surface area contributed by atoms with Crippen LogP contribution in [0.1, 0.15) is 26.2 Å². The Kier molecular flexibility index (Phi) is 4.97. The highest BCUT2D eigenvalue weighted by atomic mass is 16.6. The maximum Gasteiger partial charge on any atom is 0.275 e. The number of carbonyl (C=O) groups excluding carboxylic acids is 1. The Morgan fingerprint density at radius 1 is 1.48 bits per heavy atom. The molecular formula is C14H19N3O4. The van der Waals surface area contributed by atoms with Crippen LogP contribution in [-0.2, 0) is 4.79 Å². The zero-order chi connectivity index (χ0) is 15.2. The van der Waals surface area contributed by atoms with Crippen LogP contribution in [0.3, 0.4) is 0 Å². The van der Waals surface area contributed by atoms with E-state index in [2.05, 4.69) is 10.6 Å². The topological polar surface area (TPSA) is 93.5 Å². The van der Waals surface area contributed by atoms with Crippen molar-refractivity contribution in [1.29, 1.82) is 0 Å². The van der Waals surface area contributed by atoms with Gasteiger partial charge >= 0.3 is 0 Å². The van der Waals surface area contributed by atoms with Gasteiger partial charge < -0.3 is 15.4 Å². The van der Waals surface area contributed by atoms with Gasteiger partial charge in [-0.3, -0.25) is 14.9 Å². The summed E-state index contributed by atoms with van der Waals surface area (Å²) in [5.41, 5.74) is 0.609. The van der Waals surface area contributed by atoms with E-state index in [9.17, 15) is 14.9 Å². The van der Waals surface area contributed by atoms with Crippen molar-refractivity contribution in [2.75, 3.05) is 18.5 Å². The van der Waals surface area contributed by atoms with Gasteiger partial charge in [-0.15, -0.1) is 0 Å². The first-order chi connectivity index (χ1) is 10.1. The predicted octanol–water partition coefficient (Wildman–Crippen LogP) is 2.07. The van der Waals surface area contributed by atoms with Gasteiger partial charge in [0.1, 0.15) is 5.75 Å². The molecule has 1 fully saturated rings. The Bertz CT molecular complexity index is 533. The van der Waals surface area contributed by atoms with Crippen LogP contribution in [0.2, 0.25) is 0 Å². The van der Waals surface area contributed by atoms with Crippen molar-refractivity contribution in [3.05, 3.63) is 28.3 Å². The average molecular weight is 293 g/mol. The van der Waals surface area contributed by atoms with Crippen molar-refractivity contribution >= 4 is 17.3 Å². The molecule has 1 heterocycles. The van der Waals surface area contributed by atoms with E-state index < -0.39 is 4.92 Å². The fourth-order valence-corrected chi connectivity index (χ4v) is 2.17. The fourth-order valence-electron chi connectivity index (χ4n) is 2.17. The van der Waals surface area contributed by atoms with Gasteiger partial charge in [0.2, 0.25) is 5.91 Å². The van der Waals surface area contributed by atoms with Crippen LogP contribution in [0, 0.1) is 10.1 Å². The Morgan fingerprint density at radius 3 is 2.90 bits per heavy atom. The maximum atomic E-state index is 11.1. The van der Waals surface area contributed by atoms with Gasteiger partial charge in [0.15, 0.2) is 0 Å². The number of carbonyl (C=O) groups is 1.